The maximum Gasteiger partial charge on any atom is 0.319 e. The summed E-state index contributed by atoms with van der Waals surface area (Å²) in [6.07, 6.45) is 6.95. The molecule has 2 amide bonds. The zero-order valence-electron chi connectivity index (χ0n) is 14.7. The summed E-state index contributed by atoms with van der Waals surface area (Å²) in [5.41, 5.74) is -0.113. The van der Waals surface area contributed by atoms with Crippen molar-refractivity contribution in [2.45, 2.75) is 12.8 Å². The molecule has 0 bridgehead atoms. The van der Waals surface area contributed by atoms with Crippen molar-refractivity contribution in [1.82, 2.24) is 19.7 Å². The van der Waals surface area contributed by atoms with E-state index in [1.165, 1.54) is 21.9 Å². The van der Waals surface area contributed by atoms with E-state index >= 15 is 0 Å². The number of fused-ring (bicyclic) bond motifs is 1. The molecule has 27 heavy (non-hydrogen) atoms. The highest BCUT2D eigenvalue weighted by Gasteiger charge is 2.21. The van der Waals surface area contributed by atoms with Crippen LogP contribution in [0.5, 0.6) is 0 Å². The summed E-state index contributed by atoms with van der Waals surface area (Å²) in [4.78, 5) is 35.9. The Labute approximate surface area is 159 Å². The van der Waals surface area contributed by atoms with Crippen LogP contribution in [0.3, 0.4) is 0 Å². The lowest BCUT2D eigenvalue weighted by atomic mass is 9.98. The predicted molar refractivity (Wildman–Crippen MR) is 106 cm³/mol. The quantitative estimate of drug-likeness (QED) is 0.719. The highest BCUT2D eigenvalue weighted by atomic mass is 32.1. The van der Waals surface area contributed by atoms with Crippen molar-refractivity contribution in [3.8, 4) is 0 Å². The second-order valence-electron chi connectivity index (χ2n) is 6.51. The summed E-state index contributed by atoms with van der Waals surface area (Å²) in [7, 11) is 0. The van der Waals surface area contributed by atoms with Crippen molar-refractivity contribution in [2.75, 3.05) is 29.9 Å². The zero-order valence-corrected chi connectivity index (χ0v) is 15.5. The number of anilines is 2. The van der Waals surface area contributed by atoms with Crippen molar-refractivity contribution in [3.63, 3.8) is 0 Å². The maximum atomic E-state index is 12.3. The number of aromatic nitrogens is 3. The second-order valence-corrected chi connectivity index (χ2v) is 7.38. The molecule has 2 N–H and O–H groups in total. The number of thiazole rings is 1. The highest BCUT2D eigenvalue weighted by molar-refractivity contribution is 7.15. The van der Waals surface area contributed by atoms with Crippen LogP contribution in [0.1, 0.15) is 12.8 Å². The first kappa shape index (κ1) is 17.5. The lowest BCUT2D eigenvalue weighted by Crippen LogP contribution is -2.42. The van der Waals surface area contributed by atoms with E-state index in [0.29, 0.717) is 17.4 Å². The Balaban J connectivity index is 1.33. The first-order valence-corrected chi connectivity index (χ1v) is 9.74. The smallest absolute Gasteiger partial charge is 0.319 e. The summed E-state index contributed by atoms with van der Waals surface area (Å²) >= 11 is 1.37. The number of hydrogen-bond acceptors (Lipinski definition) is 6. The van der Waals surface area contributed by atoms with Gasteiger partial charge in [0.2, 0.25) is 0 Å². The van der Waals surface area contributed by atoms with E-state index in [4.69, 9.17) is 0 Å². The number of rotatable bonds is 4. The molecule has 0 aromatic carbocycles. The number of carbonyl (C=O) groups excluding carboxylic acids is 1. The SMILES string of the molecule is O=C(NCC1CCCN(c2ccccn2)C1)Nc1cnc2sccn2c1=O. The van der Waals surface area contributed by atoms with Crippen LogP contribution in [0.15, 0.2) is 47.0 Å². The summed E-state index contributed by atoms with van der Waals surface area (Å²) in [5, 5.41) is 7.26. The zero-order chi connectivity index (χ0) is 18.6. The first-order chi connectivity index (χ1) is 13.2. The van der Waals surface area contributed by atoms with Gasteiger partial charge >= 0.3 is 6.03 Å². The van der Waals surface area contributed by atoms with E-state index in [1.807, 2.05) is 18.2 Å². The van der Waals surface area contributed by atoms with Gasteiger partial charge in [0.15, 0.2) is 4.96 Å². The van der Waals surface area contributed by atoms with Crippen LogP contribution in [0.25, 0.3) is 4.96 Å². The van der Waals surface area contributed by atoms with Gasteiger partial charge in [-0.25, -0.2) is 14.8 Å². The molecule has 0 spiro atoms. The van der Waals surface area contributed by atoms with Gasteiger partial charge in [-0.2, -0.15) is 0 Å². The largest absolute Gasteiger partial charge is 0.356 e. The summed E-state index contributed by atoms with van der Waals surface area (Å²) in [6, 6.07) is 5.50. The van der Waals surface area contributed by atoms with Gasteiger partial charge in [-0.05, 0) is 30.9 Å². The Bertz CT molecular complexity index is 986. The molecule has 4 heterocycles. The number of amides is 2. The number of nitrogens with one attached hydrogen (secondary N) is 2. The number of hydrogen-bond donors (Lipinski definition) is 2. The number of nitrogens with zero attached hydrogens (tertiary/aromatic N) is 4. The Hall–Kier alpha value is -2.94. The Morgan fingerprint density at radius 3 is 3.11 bits per heavy atom. The highest BCUT2D eigenvalue weighted by Crippen LogP contribution is 2.20. The van der Waals surface area contributed by atoms with Gasteiger partial charge in [0.1, 0.15) is 11.5 Å². The van der Waals surface area contributed by atoms with Crippen molar-refractivity contribution < 1.29 is 4.79 Å². The molecule has 1 fully saturated rings. The maximum absolute atomic E-state index is 12.3. The number of pyridine rings is 1. The molecular weight excluding hydrogens is 364 g/mol. The van der Waals surface area contributed by atoms with Crippen LogP contribution in [0.2, 0.25) is 0 Å². The van der Waals surface area contributed by atoms with Crippen molar-refractivity contribution in [3.05, 3.63) is 52.5 Å². The van der Waals surface area contributed by atoms with Crippen LogP contribution < -0.4 is 21.1 Å². The molecule has 1 aliphatic rings. The topological polar surface area (TPSA) is 91.6 Å². The van der Waals surface area contributed by atoms with E-state index < -0.39 is 0 Å². The Morgan fingerprint density at radius 1 is 1.33 bits per heavy atom. The predicted octanol–water partition coefficient (Wildman–Crippen LogP) is 2.19. The standard InChI is InChI=1S/C18H20N6O2S/c25-16-14(11-21-18-24(16)8-9-27-18)22-17(26)20-10-13-4-3-7-23(12-13)15-5-1-2-6-19-15/h1-2,5-6,8-9,11,13H,3-4,7,10,12H2,(H2,20,22,26). The third-order valence-corrected chi connectivity index (χ3v) is 5.41. The third-order valence-electron chi connectivity index (χ3n) is 4.63. The summed E-state index contributed by atoms with van der Waals surface area (Å²) in [5.74, 6) is 1.31. The minimum absolute atomic E-state index is 0.169. The van der Waals surface area contributed by atoms with Crippen LogP contribution >= 0.6 is 11.3 Å². The van der Waals surface area contributed by atoms with Gasteiger partial charge in [0.05, 0.1) is 6.20 Å². The third kappa shape index (κ3) is 3.92. The van der Waals surface area contributed by atoms with Gasteiger partial charge in [-0.1, -0.05) is 6.07 Å². The Kier molecular flexibility index (Phi) is 5.01. The molecule has 4 rings (SSSR count). The Morgan fingerprint density at radius 2 is 2.26 bits per heavy atom. The first-order valence-electron chi connectivity index (χ1n) is 8.86. The molecule has 1 saturated heterocycles. The van der Waals surface area contributed by atoms with E-state index in [1.54, 1.807) is 17.8 Å². The number of piperidine rings is 1. The molecule has 9 heteroatoms. The normalized spacial score (nSPS) is 17.0. The molecule has 140 valence electrons. The van der Waals surface area contributed by atoms with Crippen LogP contribution in [-0.4, -0.2) is 40.0 Å². The average molecular weight is 384 g/mol. The monoisotopic (exact) mass is 384 g/mol. The van der Waals surface area contributed by atoms with Gasteiger partial charge in [0.25, 0.3) is 5.56 Å². The van der Waals surface area contributed by atoms with Gasteiger partial charge in [0, 0.05) is 37.4 Å². The van der Waals surface area contributed by atoms with E-state index in [0.717, 1.165) is 31.7 Å². The average Bonchev–Trinajstić information content (AvgIpc) is 3.19. The van der Waals surface area contributed by atoms with Crippen molar-refractivity contribution >= 4 is 33.8 Å². The molecule has 0 radical (unpaired) electrons. The van der Waals surface area contributed by atoms with Crippen molar-refractivity contribution in [2.24, 2.45) is 5.92 Å². The molecule has 3 aromatic rings. The van der Waals surface area contributed by atoms with Gasteiger partial charge < -0.3 is 15.5 Å². The van der Waals surface area contributed by atoms with E-state index in [9.17, 15) is 9.59 Å². The molecular formula is C18H20N6O2S. The minimum Gasteiger partial charge on any atom is -0.356 e. The van der Waals surface area contributed by atoms with Crippen LogP contribution in [0, 0.1) is 5.92 Å². The van der Waals surface area contributed by atoms with Crippen molar-refractivity contribution in [1.29, 1.82) is 0 Å². The number of carbonyl (C=O) groups is 1. The molecule has 1 unspecified atom stereocenters. The van der Waals surface area contributed by atoms with Crippen LogP contribution in [0.4, 0.5) is 16.3 Å². The molecule has 1 atom stereocenters. The fraction of sp³-hybridized carbons (Fsp3) is 0.333. The summed E-state index contributed by atoms with van der Waals surface area (Å²) in [6.45, 7) is 2.37. The second kappa shape index (κ2) is 7.75. The molecule has 3 aromatic heterocycles. The van der Waals surface area contributed by atoms with Gasteiger partial charge in [-0.3, -0.25) is 9.20 Å². The lowest BCUT2D eigenvalue weighted by Gasteiger charge is -2.33. The lowest BCUT2D eigenvalue weighted by molar-refractivity contribution is 0.249. The molecule has 1 aliphatic heterocycles. The summed E-state index contributed by atoms with van der Waals surface area (Å²) < 4.78 is 1.42. The molecule has 0 aliphatic carbocycles. The molecule has 8 nitrogen and oxygen atoms in total. The number of urea groups is 1. The molecule has 0 saturated carbocycles. The fourth-order valence-electron chi connectivity index (χ4n) is 3.29. The van der Waals surface area contributed by atoms with Crippen LogP contribution in [-0.2, 0) is 0 Å². The minimum atomic E-state index is -0.390. The van der Waals surface area contributed by atoms with E-state index in [-0.39, 0.29) is 17.3 Å². The fourth-order valence-corrected chi connectivity index (χ4v) is 3.97. The van der Waals surface area contributed by atoms with Gasteiger partial charge in [-0.15, -0.1) is 11.3 Å². The van der Waals surface area contributed by atoms with E-state index in [2.05, 4.69) is 25.5 Å².